The zero-order valence-corrected chi connectivity index (χ0v) is 16.6. The van der Waals surface area contributed by atoms with Gasteiger partial charge < -0.3 is 24.3 Å². The van der Waals surface area contributed by atoms with Crippen molar-refractivity contribution >= 4 is 18.0 Å². The van der Waals surface area contributed by atoms with E-state index in [9.17, 15) is 14.0 Å². The minimum Gasteiger partial charge on any atom is -0.493 e. The van der Waals surface area contributed by atoms with E-state index in [0.29, 0.717) is 36.0 Å². The lowest BCUT2D eigenvalue weighted by molar-refractivity contribution is -0.150. The van der Waals surface area contributed by atoms with E-state index >= 15 is 0 Å². The smallest absolute Gasteiger partial charge is 0.331 e. The van der Waals surface area contributed by atoms with E-state index in [1.165, 1.54) is 38.3 Å². The number of hydrogen-bond donors (Lipinski definition) is 1. The van der Waals surface area contributed by atoms with E-state index in [1.807, 2.05) is 0 Å². The molecule has 2 aromatic carbocycles. The van der Waals surface area contributed by atoms with Crippen molar-refractivity contribution in [3.63, 3.8) is 0 Å². The Balaban J connectivity index is 1.54. The summed E-state index contributed by atoms with van der Waals surface area (Å²) >= 11 is 0. The Kier molecular flexibility index (Phi) is 6.90. The van der Waals surface area contributed by atoms with Gasteiger partial charge >= 0.3 is 5.97 Å². The number of esters is 1. The fourth-order valence-electron chi connectivity index (χ4n) is 2.76. The van der Waals surface area contributed by atoms with Crippen LogP contribution in [0.5, 0.6) is 17.2 Å². The first-order chi connectivity index (χ1) is 14.5. The highest BCUT2D eigenvalue weighted by molar-refractivity contribution is 5.90. The third-order valence-electron chi connectivity index (χ3n) is 4.30. The molecule has 0 unspecified atom stereocenters. The molecule has 0 saturated heterocycles. The number of halogens is 1. The summed E-state index contributed by atoms with van der Waals surface area (Å²) < 4.78 is 34.4. The topological polar surface area (TPSA) is 83.1 Å². The number of hydrogen-bond acceptors (Lipinski definition) is 6. The second-order valence-corrected chi connectivity index (χ2v) is 6.50. The maximum Gasteiger partial charge on any atom is 0.331 e. The minimum atomic E-state index is -0.989. The quantitative estimate of drug-likeness (QED) is 0.553. The van der Waals surface area contributed by atoms with Gasteiger partial charge in [0.05, 0.1) is 7.11 Å². The van der Waals surface area contributed by atoms with Gasteiger partial charge in [-0.15, -0.1) is 0 Å². The van der Waals surface area contributed by atoms with Crippen LogP contribution in [0.25, 0.3) is 6.08 Å². The molecule has 1 aliphatic heterocycles. The maximum atomic E-state index is 12.9. The third-order valence-corrected chi connectivity index (χ3v) is 4.30. The Morgan fingerprint density at radius 2 is 1.93 bits per heavy atom. The second-order valence-electron chi connectivity index (χ2n) is 6.50. The molecule has 1 N–H and O–H groups in total. The number of amides is 1. The molecule has 0 radical (unpaired) electrons. The molecule has 3 rings (SSSR count). The summed E-state index contributed by atoms with van der Waals surface area (Å²) in [4.78, 5) is 24.2. The fourth-order valence-corrected chi connectivity index (χ4v) is 2.76. The van der Waals surface area contributed by atoms with E-state index in [4.69, 9.17) is 18.9 Å². The molecular formula is C22H22FNO6. The van der Waals surface area contributed by atoms with Gasteiger partial charge in [0.1, 0.15) is 19.0 Å². The number of carbonyl (C=O) groups is 2. The van der Waals surface area contributed by atoms with Gasteiger partial charge in [-0.1, -0.05) is 12.1 Å². The molecular weight excluding hydrogens is 393 g/mol. The predicted octanol–water partition coefficient (Wildman–Crippen LogP) is 2.87. The van der Waals surface area contributed by atoms with E-state index < -0.39 is 18.0 Å². The predicted molar refractivity (Wildman–Crippen MR) is 107 cm³/mol. The average Bonchev–Trinajstić information content (AvgIpc) is 2.76. The zero-order chi connectivity index (χ0) is 21.5. The number of benzene rings is 2. The highest BCUT2D eigenvalue weighted by atomic mass is 19.1. The summed E-state index contributed by atoms with van der Waals surface area (Å²) in [5.74, 6) is 0.0657. The first kappa shape index (κ1) is 21.2. The van der Waals surface area contributed by atoms with Gasteiger partial charge in [0.2, 0.25) is 5.75 Å². The van der Waals surface area contributed by atoms with Crippen molar-refractivity contribution in [3.8, 4) is 17.2 Å². The molecule has 1 atom stereocenters. The Morgan fingerprint density at radius 3 is 2.67 bits per heavy atom. The monoisotopic (exact) mass is 415 g/mol. The van der Waals surface area contributed by atoms with Gasteiger partial charge in [-0.2, -0.15) is 0 Å². The third kappa shape index (κ3) is 5.50. The Labute approximate surface area is 173 Å². The van der Waals surface area contributed by atoms with Crippen molar-refractivity contribution in [1.29, 1.82) is 0 Å². The first-order valence-electron chi connectivity index (χ1n) is 9.34. The van der Waals surface area contributed by atoms with Crippen LogP contribution in [0.15, 0.2) is 42.5 Å². The average molecular weight is 415 g/mol. The molecule has 1 amide bonds. The first-order valence-corrected chi connectivity index (χ1v) is 9.34. The number of fused-ring (bicyclic) bond motifs is 1. The lowest BCUT2D eigenvalue weighted by Crippen LogP contribution is -2.35. The van der Waals surface area contributed by atoms with Crippen molar-refractivity contribution < 1.29 is 32.9 Å². The molecule has 0 saturated carbocycles. The van der Waals surface area contributed by atoms with Crippen molar-refractivity contribution in [2.75, 3.05) is 20.3 Å². The summed E-state index contributed by atoms with van der Waals surface area (Å²) in [6.45, 7) is 2.54. The highest BCUT2D eigenvalue weighted by Gasteiger charge is 2.19. The molecule has 0 fully saturated rings. The van der Waals surface area contributed by atoms with Crippen LogP contribution in [0.3, 0.4) is 0 Å². The van der Waals surface area contributed by atoms with Gasteiger partial charge in [-0.3, -0.25) is 4.79 Å². The number of nitrogens with one attached hydrogen (secondary N) is 1. The van der Waals surface area contributed by atoms with Gasteiger partial charge in [-0.25, -0.2) is 9.18 Å². The van der Waals surface area contributed by atoms with Crippen molar-refractivity contribution in [1.82, 2.24) is 5.32 Å². The largest absolute Gasteiger partial charge is 0.493 e. The fraction of sp³-hybridized carbons (Fsp3) is 0.273. The summed E-state index contributed by atoms with van der Waals surface area (Å²) in [6.07, 6.45) is 1.76. The van der Waals surface area contributed by atoms with Crippen LogP contribution >= 0.6 is 0 Å². The molecule has 158 valence electrons. The van der Waals surface area contributed by atoms with Crippen LogP contribution in [0.4, 0.5) is 4.39 Å². The van der Waals surface area contributed by atoms with Crippen LogP contribution in [-0.2, 0) is 20.9 Å². The lowest BCUT2D eigenvalue weighted by atomic mass is 10.1. The van der Waals surface area contributed by atoms with Crippen LogP contribution < -0.4 is 19.5 Å². The summed E-state index contributed by atoms with van der Waals surface area (Å²) in [7, 11) is 1.52. The van der Waals surface area contributed by atoms with Gasteiger partial charge in [0.15, 0.2) is 17.6 Å². The van der Waals surface area contributed by atoms with E-state index in [1.54, 1.807) is 24.3 Å². The van der Waals surface area contributed by atoms with Crippen molar-refractivity contribution in [2.45, 2.75) is 19.6 Å². The number of rotatable bonds is 7. The molecule has 0 aliphatic carbocycles. The summed E-state index contributed by atoms with van der Waals surface area (Å²) in [5, 5.41) is 2.64. The Morgan fingerprint density at radius 1 is 1.20 bits per heavy atom. The molecule has 8 heteroatoms. The molecule has 1 aliphatic rings. The molecule has 7 nitrogen and oxygen atoms in total. The van der Waals surface area contributed by atoms with E-state index in [2.05, 4.69) is 5.32 Å². The number of carbonyl (C=O) groups excluding carboxylic acids is 2. The number of ether oxygens (including phenoxy) is 4. The van der Waals surface area contributed by atoms with Crippen LogP contribution in [0.2, 0.25) is 0 Å². The Hall–Kier alpha value is -3.55. The molecule has 30 heavy (non-hydrogen) atoms. The maximum absolute atomic E-state index is 12.9. The zero-order valence-electron chi connectivity index (χ0n) is 16.6. The number of methoxy groups -OCH3 is 1. The SMILES string of the molecule is COc1cc(/C=C/C(=O)O[C@H](C)C(=O)NCc2ccc(F)cc2)cc2c1OCCO2. The molecule has 0 bridgehead atoms. The standard InChI is InChI=1S/C22H22FNO6/c1-14(22(26)24-13-15-3-6-17(23)7-4-15)30-20(25)8-5-16-11-18(27-2)21-19(12-16)28-9-10-29-21/h3-8,11-12,14H,9-10,13H2,1-2H3,(H,24,26)/b8-5+/t14-/m1/s1. The molecule has 2 aromatic rings. The van der Waals surface area contributed by atoms with Crippen LogP contribution in [0.1, 0.15) is 18.1 Å². The van der Waals surface area contributed by atoms with E-state index in [0.717, 1.165) is 5.56 Å². The molecule has 0 aromatic heterocycles. The van der Waals surface area contributed by atoms with Gasteiger partial charge in [-0.05, 0) is 48.4 Å². The van der Waals surface area contributed by atoms with Gasteiger partial charge in [0.25, 0.3) is 5.91 Å². The normalized spacial score (nSPS) is 13.6. The summed E-state index contributed by atoms with van der Waals surface area (Å²) in [6, 6.07) is 9.17. The van der Waals surface area contributed by atoms with Crippen LogP contribution in [-0.4, -0.2) is 38.3 Å². The molecule has 0 spiro atoms. The van der Waals surface area contributed by atoms with Crippen LogP contribution in [0, 0.1) is 5.82 Å². The lowest BCUT2D eigenvalue weighted by Gasteiger charge is -2.20. The minimum absolute atomic E-state index is 0.202. The molecule has 1 heterocycles. The Bertz CT molecular complexity index is 924. The second kappa shape index (κ2) is 9.78. The van der Waals surface area contributed by atoms with E-state index in [-0.39, 0.29) is 12.4 Å². The summed E-state index contributed by atoms with van der Waals surface area (Å²) in [5.41, 5.74) is 1.39. The van der Waals surface area contributed by atoms with Gasteiger partial charge in [0, 0.05) is 12.6 Å². The highest BCUT2D eigenvalue weighted by Crippen LogP contribution is 2.40. The van der Waals surface area contributed by atoms with Crippen molar-refractivity contribution in [2.24, 2.45) is 0 Å². The van der Waals surface area contributed by atoms with Crippen molar-refractivity contribution in [3.05, 3.63) is 59.4 Å².